The molecule has 3 rings (SSSR count). The van der Waals surface area contributed by atoms with E-state index in [1.165, 1.54) is 23.6 Å². The fourth-order valence-electron chi connectivity index (χ4n) is 2.98. The molecule has 4 heteroatoms. The normalized spacial score (nSPS) is 13.3. The molecule has 0 aromatic heterocycles. The van der Waals surface area contributed by atoms with Crippen LogP contribution in [0.25, 0.3) is 6.08 Å². The molecule has 0 saturated heterocycles. The molecule has 0 fully saturated rings. The quantitative estimate of drug-likeness (QED) is 0.590. The Hall–Kier alpha value is -2.62. The summed E-state index contributed by atoms with van der Waals surface area (Å²) >= 11 is 0. The van der Waals surface area contributed by atoms with E-state index in [9.17, 15) is 4.39 Å². The summed E-state index contributed by atoms with van der Waals surface area (Å²) in [5, 5.41) is 11.0. The molecule has 0 saturated carbocycles. The van der Waals surface area contributed by atoms with Gasteiger partial charge >= 0.3 is 0 Å². The van der Waals surface area contributed by atoms with Crippen molar-refractivity contribution in [2.45, 2.75) is 19.3 Å². The zero-order chi connectivity index (χ0) is 16.4. The van der Waals surface area contributed by atoms with Crippen molar-refractivity contribution in [3.63, 3.8) is 0 Å². The van der Waals surface area contributed by atoms with Crippen LogP contribution in [0.2, 0.25) is 0 Å². The van der Waals surface area contributed by atoms with Crippen molar-refractivity contribution in [3.8, 4) is 0 Å². The van der Waals surface area contributed by atoms with Gasteiger partial charge in [-0.3, -0.25) is 0 Å². The molecular formula is C19H20FN3. The average molecular weight is 309 g/mol. The highest BCUT2D eigenvalue weighted by molar-refractivity contribution is 6.12. The highest BCUT2D eigenvalue weighted by Crippen LogP contribution is 2.25. The maximum atomic E-state index is 13.6. The van der Waals surface area contributed by atoms with Crippen molar-refractivity contribution in [3.05, 3.63) is 64.5 Å². The first-order valence-corrected chi connectivity index (χ1v) is 7.74. The molecule has 0 spiro atoms. The molecule has 0 radical (unpaired) electrons. The summed E-state index contributed by atoms with van der Waals surface area (Å²) in [5.74, 6) is -0.413. The molecule has 3 nitrogen and oxygen atoms in total. The van der Waals surface area contributed by atoms with Crippen LogP contribution in [-0.2, 0) is 12.8 Å². The fraction of sp³-hybridized carbons (Fsp3) is 0.211. The van der Waals surface area contributed by atoms with Gasteiger partial charge in [-0.2, -0.15) is 0 Å². The minimum Gasteiger partial charge on any atom is -0.398 e. The minimum absolute atomic E-state index is 0.263. The van der Waals surface area contributed by atoms with Gasteiger partial charge in [-0.1, -0.05) is 24.3 Å². The van der Waals surface area contributed by atoms with Crippen LogP contribution in [0.5, 0.6) is 0 Å². The van der Waals surface area contributed by atoms with Crippen LogP contribution >= 0.6 is 0 Å². The van der Waals surface area contributed by atoms with Gasteiger partial charge in [0.1, 0.15) is 5.82 Å². The molecule has 4 N–H and O–H groups in total. The van der Waals surface area contributed by atoms with Crippen LogP contribution in [0, 0.1) is 11.2 Å². The molecule has 0 aliphatic heterocycles. The number of nitrogen functional groups attached to an aromatic ring is 1. The molecule has 118 valence electrons. The number of hydrogen-bond acceptors (Lipinski definition) is 3. The van der Waals surface area contributed by atoms with Gasteiger partial charge in [0, 0.05) is 18.3 Å². The monoisotopic (exact) mass is 309 g/mol. The van der Waals surface area contributed by atoms with E-state index >= 15 is 0 Å². The summed E-state index contributed by atoms with van der Waals surface area (Å²) in [6, 6.07) is 9.23. The van der Waals surface area contributed by atoms with Gasteiger partial charge in [0.25, 0.3) is 0 Å². The summed E-state index contributed by atoms with van der Waals surface area (Å²) in [5.41, 5.74) is 11.1. The van der Waals surface area contributed by atoms with Gasteiger partial charge < -0.3 is 16.5 Å². The van der Waals surface area contributed by atoms with E-state index in [2.05, 4.69) is 23.5 Å². The predicted molar refractivity (Wildman–Crippen MR) is 94.7 cm³/mol. The second-order valence-electron chi connectivity index (χ2n) is 5.80. The average Bonchev–Trinajstić information content (AvgIpc) is 3.00. The number of rotatable bonds is 4. The first-order chi connectivity index (χ1) is 11.1. The number of nitrogens with one attached hydrogen (secondary N) is 2. The van der Waals surface area contributed by atoms with E-state index in [1.807, 2.05) is 6.08 Å². The molecule has 0 unspecified atom stereocenters. The summed E-state index contributed by atoms with van der Waals surface area (Å²) in [7, 11) is 1.64. The summed E-state index contributed by atoms with van der Waals surface area (Å²) in [4.78, 5) is 0. The molecular weight excluding hydrogens is 289 g/mol. The van der Waals surface area contributed by atoms with Crippen LogP contribution in [0.1, 0.15) is 28.7 Å². The van der Waals surface area contributed by atoms with Crippen LogP contribution in [0.4, 0.5) is 15.8 Å². The Bertz CT molecular complexity index is 793. The molecule has 1 aliphatic rings. The van der Waals surface area contributed by atoms with E-state index in [0.717, 1.165) is 18.4 Å². The van der Waals surface area contributed by atoms with Gasteiger partial charge in [-0.05, 0) is 54.2 Å². The summed E-state index contributed by atoms with van der Waals surface area (Å²) in [6.45, 7) is 0. The van der Waals surface area contributed by atoms with Gasteiger partial charge in [0.05, 0.1) is 11.4 Å². The first-order valence-electron chi connectivity index (χ1n) is 7.74. The number of nitrogens with two attached hydrogens (primary N) is 1. The number of halogens is 1. The van der Waals surface area contributed by atoms with Crippen molar-refractivity contribution >= 4 is 23.2 Å². The third kappa shape index (κ3) is 3.11. The maximum absolute atomic E-state index is 13.6. The Balaban J connectivity index is 1.84. The SMILES string of the molecule is CNc1cc(C(=N)/C=C/c2ccc3c(c2)CCC3)c(N)cc1F. The lowest BCUT2D eigenvalue weighted by Gasteiger charge is -2.09. The highest BCUT2D eigenvalue weighted by Gasteiger charge is 2.11. The minimum atomic E-state index is -0.413. The molecule has 0 heterocycles. The van der Waals surface area contributed by atoms with Crippen molar-refractivity contribution < 1.29 is 4.39 Å². The molecule has 0 amide bonds. The van der Waals surface area contributed by atoms with E-state index in [-0.39, 0.29) is 11.4 Å². The number of aryl methyl sites for hydroxylation is 2. The number of fused-ring (bicyclic) bond motifs is 1. The van der Waals surface area contributed by atoms with Crippen LogP contribution in [-0.4, -0.2) is 12.8 Å². The Morgan fingerprint density at radius 2 is 2.00 bits per heavy atom. The molecule has 2 aromatic carbocycles. The Morgan fingerprint density at radius 1 is 1.22 bits per heavy atom. The van der Waals surface area contributed by atoms with Crippen LogP contribution < -0.4 is 11.1 Å². The van der Waals surface area contributed by atoms with E-state index in [1.54, 1.807) is 19.2 Å². The van der Waals surface area contributed by atoms with Crippen molar-refractivity contribution in [1.29, 1.82) is 5.41 Å². The molecule has 2 aromatic rings. The molecule has 0 atom stereocenters. The maximum Gasteiger partial charge on any atom is 0.148 e. The van der Waals surface area contributed by atoms with Gasteiger partial charge in [0.2, 0.25) is 0 Å². The topological polar surface area (TPSA) is 61.9 Å². The van der Waals surface area contributed by atoms with E-state index in [0.29, 0.717) is 11.3 Å². The zero-order valence-electron chi connectivity index (χ0n) is 13.1. The number of allylic oxidation sites excluding steroid dienone is 1. The zero-order valence-corrected chi connectivity index (χ0v) is 13.1. The summed E-state index contributed by atoms with van der Waals surface area (Å²) in [6.07, 6.45) is 7.12. The second-order valence-corrected chi connectivity index (χ2v) is 5.80. The number of benzene rings is 2. The van der Waals surface area contributed by atoms with Gasteiger partial charge in [-0.25, -0.2) is 4.39 Å². The Labute approximate surface area is 135 Å². The van der Waals surface area contributed by atoms with Gasteiger partial charge in [-0.15, -0.1) is 0 Å². The Kier molecular flexibility index (Phi) is 4.15. The van der Waals surface area contributed by atoms with Crippen molar-refractivity contribution in [1.82, 2.24) is 0 Å². The standard InChI is InChI=1S/C19H20FN3/c1-23-19-10-15(18(22)11-16(19)20)17(21)8-6-12-5-7-13-3-2-4-14(13)9-12/h5-11,21,23H,2-4,22H2,1H3/b8-6+,21-17?. The predicted octanol–water partition coefficient (Wildman–Crippen LogP) is 4.02. The number of hydrogen-bond donors (Lipinski definition) is 3. The van der Waals surface area contributed by atoms with E-state index in [4.69, 9.17) is 11.1 Å². The second kappa shape index (κ2) is 6.24. The third-order valence-corrected chi connectivity index (χ3v) is 4.26. The van der Waals surface area contributed by atoms with Crippen LogP contribution in [0.3, 0.4) is 0 Å². The lowest BCUT2D eigenvalue weighted by atomic mass is 10.0. The van der Waals surface area contributed by atoms with Crippen molar-refractivity contribution in [2.24, 2.45) is 0 Å². The fourth-order valence-corrected chi connectivity index (χ4v) is 2.98. The smallest absolute Gasteiger partial charge is 0.148 e. The third-order valence-electron chi connectivity index (χ3n) is 4.26. The van der Waals surface area contributed by atoms with Crippen LogP contribution in [0.15, 0.2) is 36.4 Å². The molecule has 0 bridgehead atoms. The molecule has 1 aliphatic carbocycles. The lowest BCUT2D eigenvalue weighted by Crippen LogP contribution is -2.04. The first kappa shape index (κ1) is 15.3. The lowest BCUT2D eigenvalue weighted by molar-refractivity contribution is 0.632. The number of anilines is 2. The van der Waals surface area contributed by atoms with Gasteiger partial charge in [0.15, 0.2) is 0 Å². The van der Waals surface area contributed by atoms with E-state index < -0.39 is 5.82 Å². The largest absolute Gasteiger partial charge is 0.398 e. The highest BCUT2D eigenvalue weighted by atomic mass is 19.1. The summed E-state index contributed by atoms with van der Waals surface area (Å²) < 4.78 is 13.6. The Morgan fingerprint density at radius 3 is 2.78 bits per heavy atom. The molecule has 23 heavy (non-hydrogen) atoms. The van der Waals surface area contributed by atoms with Crippen molar-refractivity contribution in [2.75, 3.05) is 18.1 Å².